The number of hydrogen-bond acceptors (Lipinski definition) is 5. The zero-order valence-corrected chi connectivity index (χ0v) is 14.6. The van der Waals surface area contributed by atoms with E-state index < -0.39 is 16.4 Å². The first-order valence-electron chi connectivity index (χ1n) is 8.63. The van der Waals surface area contributed by atoms with Crippen molar-refractivity contribution in [3.8, 4) is 0 Å². The van der Waals surface area contributed by atoms with Gasteiger partial charge < -0.3 is 14.2 Å². The molecule has 0 aromatic rings. The van der Waals surface area contributed by atoms with Gasteiger partial charge in [0.25, 0.3) is 0 Å². The number of ether oxygens (including phenoxy) is 3. The van der Waals surface area contributed by atoms with Crippen LogP contribution in [0.4, 0.5) is 0 Å². The van der Waals surface area contributed by atoms with Gasteiger partial charge in [-0.15, -0.1) is 0 Å². The minimum Gasteiger partial charge on any atom is -0.458 e. The lowest BCUT2D eigenvalue weighted by Crippen LogP contribution is -2.64. The fourth-order valence-electron chi connectivity index (χ4n) is 5.21. The number of epoxide rings is 1. The average Bonchev–Trinajstić information content (AvgIpc) is 3.27. The molecular formula is C19H24O5. The van der Waals surface area contributed by atoms with Crippen LogP contribution in [-0.2, 0) is 23.8 Å². The van der Waals surface area contributed by atoms with Gasteiger partial charge in [0.1, 0.15) is 11.7 Å². The van der Waals surface area contributed by atoms with Crippen LogP contribution < -0.4 is 0 Å². The Hall–Kier alpha value is -1.46. The van der Waals surface area contributed by atoms with E-state index in [2.05, 4.69) is 13.8 Å². The molecule has 0 N–H and O–H groups in total. The van der Waals surface area contributed by atoms with Crippen LogP contribution in [0.3, 0.4) is 0 Å². The van der Waals surface area contributed by atoms with E-state index >= 15 is 0 Å². The van der Waals surface area contributed by atoms with E-state index in [0.29, 0.717) is 19.4 Å². The smallest absolute Gasteiger partial charge is 0.330 e. The highest BCUT2D eigenvalue weighted by molar-refractivity contribution is 5.96. The standard InChI is InChI=1S/C19H24O5/c1-5-6-16(21)24-14-8-15-19(10-22-19)18(14,4)17(3)9-12(20)11(2)7-13(17)23-15/h5-7,13-15H,8-10H2,1-4H3/t13-,14-,15-,17+,18-,19+/m1/s1. The topological polar surface area (TPSA) is 65.1 Å². The molecule has 5 heteroatoms. The van der Waals surface area contributed by atoms with Crippen LogP contribution in [0.1, 0.15) is 40.5 Å². The molecule has 2 aliphatic heterocycles. The lowest BCUT2D eigenvalue weighted by molar-refractivity contribution is -0.208. The number of esters is 1. The highest BCUT2D eigenvalue weighted by Gasteiger charge is 2.82. The van der Waals surface area contributed by atoms with Crippen LogP contribution in [0.25, 0.3) is 0 Å². The molecule has 1 spiro atoms. The van der Waals surface area contributed by atoms with Crippen LogP contribution in [0.5, 0.6) is 0 Å². The molecule has 2 saturated heterocycles. The maximum Gasteiger partial charge on any atom is 0.330 e. The minimum atomic E-state index is -0.450. The molecule has 4 aliphatic rings. The zero-order valence-electron chi connectivity index (χ0n) is 14.6. The fourth-order valence-corrected chi connectivity index (χ4v) is 5.21. The van der Waals surface area contributed by atoms with Crippen molar-refractivity contribution in [1.82, 2.24) is 0 Å². The first-order chi connectivity index (χ1) is 11.3. The average molecular weight is 332 g/mol. The van der Waals surface area contributed by atoms with Crippen LogP contribution in [0, 0.1) is 10.8 Å². The number of allylic oxidation sites excluding steroid dienone is 2. The van der Waals surface area contributed by atoms with E-state index in [9.17, 15) is 9.59 Å². The Morgan fingerprint density at radius 2 is 2.12 bits per heavy atom. The van der Waals surface area contributed by atoms with Gasteiger partial charge in [0.2, 0.25) is 0 Å². The van der Waals surface area contributed by atoms with Gasteiger partial charge in [0.05, 0.1) is 18.8 Å². The summed E-state index contributed by atoms with van der Waals surface area (Å²) in [5.41, 5.74) is -0.569. The predicted molar refractivity (Wildman–Crippen MR) is 86.3 cm³/mol. The normalized spacial score (nSPS) is 49.2. The van der Waals surface area contributed by atoms with E-state index in [1.807, 2.05) is 13.0 Å². The minimum absolute atomic E-state index is 0.0961. The lowest BCUT2D eigenvalue weighted by Gasteiger charge is -2.56. The van der Waals surface area contributed by atoms with Gasteiger partial charge >= 0.3 is 5.97 Å². The van der Waals surface area contributed by atoms with Crippen molar-refractivity contribution < 1.29 is 23.8 Å². The van der Waals surface area contributed by atoms with Crippen molar-refractivity contribution in [2.75, 3.05) is 6.61 Å². The van der Waals surface area contributed by atoms with Crippen molar-refractivity contribution in [3.05, 3.63) is 23.8 Å². The van der Waals surface area contributed by atoms with Gasteiger partial charge in [-0.3, -0.25) is 4.79 Å². The quantitative estimate of drug-likeness (QED) is 0.441. The maximum atomic E-state index is 12.5. The second-order valence-corrected chi connectivity index (χ2v) is 7.95. The number of carbonyl (C=O) groups excluding carboxylic acids is 2. The summed E-state index contributed by atoms with van der Waals surface area (Å²) >= 11 is 0. The van der Waals surface area contributed by atoms with E-state index in [1.54, 1.807) is 13.0 Å². The molecule has 5 nitrogen and oxygen atoms in total. The molecule has 0 amide bonds. The lowest BCUT2D eigenvalue weighted by atomic mass is 9.52. The van der Waals surface area contributed by atoms with Crippen LogP contribution in [0.2, 0.25) is 0 Å². The third-order valence-corrected chi connectivity index (χ3v) is 6.98. The second-order valence-electron chi connectivity index (χ2n) is 7.95. The third-order valence-electron chi connectivity index (χ3n) is 6.98. The predicted octanol–water partition coefficient (Wildman–Crippen LogP) is 2.35. The summed E-state index contributed by atoms with van der Waals surface area (Å²) < 4.78 is 18.1. The molecule has 130 valence electrons. The molecule has 2 bridgehead atoms. The van der Waals surface area contributed by atoms with E-state index in [-0.39, 0.29) is 30.1 Å². The first-order valence-corrected chi connectivity index (χ1v) is 8.63. The fraction of sp³-hybridized carbons (Fsp3) is 0.684. The Labute approximate surface area is 142 Å². The molecule has 2 aliphatic carbocycles. The summed E-state index contributed by atoms with van der Waals surface area (Å²) in [6.07, 6.45) is 5.51. The van der Waals surface area contributed by atoms with Gasteiger partial charge in [-0.25, -0.2) is 4.79 Å². The van der Waals surface area contributed by atoms with Gasteiger partial charge in [-0.2, -0.15) is 0 Å². The summed E-state index contributed by atoms with van der Waals surface area (Å²) in [4.78, 5) is 24.5. The molecule has 0 unspecified atom stereocenters. The third kappa shape index (κ3) is 1.72. The first kappa shape index (κ1) is 16.0. The number of hydrogen-bond donors (Lipinski definition) is 0. The molecule has 0 radical (unpaired) electrons. The second kappa shape index (κ2) is 4.79. The number of carbonyl (C=O) groups is 2. The largest absolute Gasteiger partial charge is 0.458 e. The zero-order chi connectivity index (χ0) is 17.3. The van der Waals surface area contributed by atoms with Crippen molar-refractivity contribution in [3.63, 3.8) is 0 Å². The van der Waals surface area contributed by atoms with Crippen LogP contribution >= 0.6 is 0 Å². The summed E-state index contributed by atoms with van der Waals surface area (Å²) in [6, 6.07) is 0. The summed E-state index contributed by atoms with van der Waals surface area (Å²) in [7, 11) is 0. The SMILES string of the molecule is CC=CC(=O)O[C@@H]1C[C@H]2O[C@@H]3C=C(C)C(=O)C[C@]3(C)[C@]1(C)[C@]21CO1. The molecule has 24 heavy (non-hydrogen) atoms. The molecule has 4 rings (SSSR count). The van der Waals surface area contributed by atoms with E-state index in [4.69, 9.17) is 14.2 Å². The Balaban J connectivity index is 1.78. The van der Waals surface area contributed by atoms with Crippen molar-refractivity contribution in [2.45, 2.75) is 64.4 Å². The van der Waals surface area contributed by atoms with Crippen LogP contribution in [0.15, 0.2) is 23.8 Å². The molecule has 0 aromatic carbocycles. The monoisotopic (exact) mass is 332 g/mol. The molecule has 6 atom stereocenters. The Kier molecular flexibility index (Phi) is 3.20. The van der Waals surface area contributed by atoms with Gasteiger partial charge in [0.15, 0.2) is 5.78 Å². The molecular weight excluding hydrogens is 308 g/mol. The van der Waals surface area contributed by atoms with Gasteiger partial charge in [0, 0.05) is 29.7 Å². The molecule has 3 fully saturated rings. The number of rotatable bonds is 2. The van der Waals surface area contributed by atoms with Crippen molar-refractivity contribution in [1.29, 1.82) is 0 Å². The molecule has 1 saturated carbocycles. The Bertz CT molecular complexity index is 673. The van der Waals surface area contributed by atoms with E-state index in [0.717, 1.165) is 5.57 Å². The summed E-state index contributed by atoms with van der Waals surface area (Å²) in [5, 5.41) is 0. The van der Waals surface area contributed by atoms with Crippen LogP contribution in [-0.4, -0.2) is 42.3 Å². The Morgan fingerprint density at radius 3 is 2.75 bits per heavy atom. The number of ketones is 1. The van der Waals surface area contributed by atoms with Crippen molar-refractivity contribution in [2.24, 2.45) is 10.8 Å². The Morgan fingerprint density at radius 1 is 1.42 bits per heavy atom. The van der Waals surface area contributed by atoms with E-state index in [1.165, 1.54) is 6.08 Å². The molecule has 2 heterocycles. The summed E-state index contributed by atoms with van der Waals surface area (Å²) in [6.45, 7) is 8.43. The highest BCUT2D eigenvalue weighted by Crippen LogP contribution is 2.71. The number of fused-ring (bicyclic) bond motifs is 2. The highest BCUT2D eigenvalue weighted by atomic mass is 16.6. The molecule has 0 aromatic heterocycles. The van der Waals surface area contributed by atoms with Crippen molar-refractivity contribution >= 4 is 11.8 Å². The van der Waals surface area contributed by atoms with Gasteiger partial charge in [-0.1, -0.05) is 19.9 Å². The maximum absolute atomic E-state index is 12.5. The number of Topliss-reactive ketones (excluding diaryl/α,β-unsaturated/α-hetero) is 1. The van der Waals surface area contributed by atoms with Gasteiger partial charge in [-0.05, 0) is 25.5 Å². The summed E-state index contributed by atoms with van der Waals surface area (Å²) in [5.74, 6) is -0.209.